The molecule has 1 saturated heterocycles. The predicted octanol–water partition coefficient (Wildman–Crippen LogP) is 0.471. The Balaban J connectivity index is 2.47. The third kappa shape index (κ3) is 0.898. The molecular weight excluding hydrogens is 156 g/mol. The lowest BCUT2D eigenvalue weighted by Crippen LogP contribution is -2.05. The first-order valence-electron chi connectivity index (χ1n) is 3.60. The van der Waals surface area contributed by atoms with E-state index in [9.17, 15) is 4.79 Å². The number of nitrogens with zero attached hydrogens (tertiary/aromatic N) is 2. The Kier molecular flexibility index (Phi) is 1.42. The molecular formula is C8H6N2O2. The second-order valence-corrected chi connectivity index (χ2v) is 2.66. The first-order valence-corrected chi connectivity index (χ1v) is 3.60. The molecule has 1 fully saturated rings. The molecule has 0 saturated carbocycles. The van der Waals surface area contributed by atoms with E-state index >= 15 is 0 Å². The minimum absolute atomic E-state index is 0.331. The van der Waals surface area contributed by atoms with Crippen LogP contribution >= 0.6 is 0 Å². The van der Waals surface area contributed by atoms with Crippen LogP contribution in [0.1, 0.15) is 6.42 Å². The fourth-order valence-corrected chi connectivity index (χ4v) is 1.27. The molecule has 1 heterocycles. The number of fused-ring (bicyclic) bond motifs is 1. The van der Waals surface area contributed by atoms with Gasteiger partial charge < -0.3 is 10.3 Å². The van der Waals surface area contributed by atoms with Crippen molar-refractivity contribution in [2.45, 2.75) is 6.42 Å². The van der Waals surface area contributed by atoms with Crippen molar-refractivity contribution in [3.63, 3.8) is 0 Å². The van der Waals surface area contributed by atoms with Crippen molar-refractivity contribution in [3.05, 3.63) is 28.8 Å². The average Bonchev–Trinajstić information content (AvgIpc) is 2.47. The molecule has 0 aromatic heterocycles. The molecule has 1 aliphatic heterocycles. The largest absolute Gasteiger partial charge is 0.457 e. The molecule has 0 spiro atoms. The predicted molar refractivity (Wildman–Crippen MR) is 40.4 cm³/mol. The van der Waals surface area contributed by atoms with Crippen LogP contribution in [-0.2, 0) is 9.53 Å². The Labute approximate surface area is 68.8 Å². The van der Waals surface area contributed by atoms with Gasteiger partial charge in [-0.15, -0.1) is 0 Å². The number of carbonyl (C=O) groups excluding carboxylic acids is 1. The summed E-state index contributed by atoms with van der Waals surface area (Å²) >= 11 is 0. The van der Waals surface area contributed by atoms with Gasteiger partial charge in [0.2, 0.25) is 0 Å². The Hall–Kier alpha value is -1.67. The maximum absolute atomic E-state index is 11.0. The smallest absolute Gasteiger partial charge is 0.339 e. The van der Waals surface area contributed by atoms with Gasteiger partial charge in [0.25, 0.3) is 5.71 Å². The third-order valence-electron chi connectivity index (χ3n) is 1.92. The fraction of sp³-hybridized carbons (Fsp3) is 0.250. The van der Waals surface area contributed by atoms with Gasteiger partial charge in [0.1, 0.15) is 6.61 Å². The lowest BCUT2D eigenvalue weighted by molar-refractivity contribution is -0.135. The zero-order chi connectivity index (χ0) is 8.55. The summed E-state index contributed by atoms with van der Waals surface area (Å²) in [7, 11) is 0. The normalized spacial score (nSPS) is 20.7. The van der Waals surface area contributed by atoms with Crippen LogP contribution in [-0.4, -0.2) is 23.1 Å². The van der Waals surface area contributed by atoms with Gasteiger partial charge in [0.05, 0.1) is 12.0 Å². The van der Waals surface area contributed by atoms with Crippen molar-refractivity contribution in [3.8, 4) is 0 Å². The molecule has 0 aromatic rings. The SMILES string of the molecule is [N-]=[N+]=C1C=C2C(=O)OCC2=CC1. The molecule has 12 heavy (non-hydrogen) atoms. The van der Waals surface area contributed by atoms with E-state index < -0.39 is 0 Å². The van der Waals surface area contributed by atoms with Gasteiger partial charge in [-0.25, -0.2) is 4.79 Å². The number of esters is 1. The van der Waals surface area contributed by atoms with Crippen LogP contribution in [0, 0.1) is 0 Å². The van der Waals surface area contributed by atoms with E-state index in [0.29, 0.717) is 24.3 Å². The Bertz CT molecular complexity index is 359. The molecule has 2 rings (SSSR count). The summed E-state index contributed by atoms with van der Waals surface area (Å²) in [5.74, 6) is -0.331. The van der Waals surface area contributed by atoms with Gasteiger partial charge in [-0.3, -0.25) is 0 Å². The molecule has 4 nitrogen and oxygen atoms in total. The minimum atomic E-state index is -0.331. The van der Waals surface area contributed by atoms with E-state index in [2.05, 4.69) is 4.79 Å². The van der Waals surface area contributed by atoms with Crippen molar-refractivity contribution in [1.29, 1.82) is 0 Å². The van der Waals surface area contributed by atoms with Gasteiger partial charge in [-0.2, -0.15) is 4.79 Å². The maximum Gasteiger partial charge on any atom is 0.339 e. The summed E-state index contributed by atoms with van der Waals surface area (Å²) in [5, 5.41) is 0. The van der Waals surface area contributed by atoms with E-state index in [1.165, 1.54) is 0 Å². The Morgan fingerprint density at radius 2 is 2.42 bits per heavy atom. The Morgan fingerprint density at radius 1 is 1.58 bits per heavy atom. The van der Waals surface area contributed by atoms with Crippen molar-refractivity contribution in [2.75, 3.05) is 6.61 Å². The molecule has 2 aliphatic rings. The summed E-state index contributed by atoms with van der Waals surface area (Å²) in [4.78, 5) is 14.0. The number of hydrogen-bond acceptors (Lipinski definition) is 2. The molecule has 0 bridgehead atoms. The molecule has 0 amide bonds. The van der Waals surface area contributed by atoms with Gasteiger partial charge >= 0.3 is 5.97 Å². The number of carbonyl (C=O) groups is 1. The summed E-state index contributed by atoms with van der Waals surface area (Å²) in [6, 6.07) is 0. The minimum Gasteiger partial charge on any atom is -0.457 e. The number of cyclic esters (lactones) is 1. The molecule has 0 unspecified atom stereocenters. The highest BCUT2D eigenvalue weighted by Gasteiger charge is 2.29. The standard InChI is InChI=1S/C8H6N2O2/c9-10-6-2-1-5-4-12-8(11)7(5)3-6/h1,3H,2,4H2. The second-order valence-electron chi connectivity index (χ2n) is 2.66. The number of ether oxygens (including phenoxy) is 1. The molecule has 0 radical (unpaired) electrons. The van der Waals surface area contributed by atoms with Crippen LogP contribution in [0.15, 0.2) is 23.3 Å². The van der Waals surface area contributed by atoms with Crippen LogP contribution in [0.3, 0.4) is 0 Å². The van der Waals surface area contributed by atoms with Gasteiger partial charge in [-0.05, 0) is 0 Å². The first-order chi connectivity index (χ1) is 5.81. The first kappa shape index (κ1) is 7.00. The van der Waals surface area contributed by atoms with Crippen LogP contribution in [0.5, 0.6) is 0 Å². The highest BCUT2D eigenvalue weighted by atomic mass is 16.5. The van der Waals surface area contributed by atoms with E-state index in [1.54, 1.807) is 6.08 Å². The zero-order valence-corrected chi connectivity index (χ0v) is 6.28. The molecule has 60 valence electrons. The van der Waals surface area contributed by atoms with Gasteiger partial charge in [-0.1, -0.05) is 6.08 Å². The van der Waals surface area contributed by atoms with Crippen molar-refractivity contribution in [2.24, 2.45) is 0 Å². The summed E-state index contributed by atoms with van der Waals surface area (Å²) in [6.07, 6.45) is 3.96. The quantitative estimate of drug-likeness (QED) is 0.295. The van der Waals surface area contributed by atoms with Crippen molar-refractivity contribution >= 4 is 11.7 Å². The highest BCUT2D eigenvalue weighted by molar-refractivity contribution is 6.06. The zero-order valence-electron chi connectivity index (χ0n) is 6.28. The summed E-state index contributed by atoms with van der Waals surface area (Å²) in [6.45, 7) is 0.351. The number of hydrogen-bond donors (Lipinski definition) is 0. The number of rotatable bonds is 0. The van der Waals surface area contributed by atoms with Crippen LogP contribution in [0.25, 0.3) is 5.53 Å². The average molecular weight is 162 g/mol. The van der Waals surface area contributed by atoms with Crippen LogP contribution in [0.2, 0.25) is 0 Å². The topological polar surface area (TPSA) is 62.7 Å². The molecule has 4 heteroatoms. The number of allylic oxidation sites excluding steroid dienone is 2. The van der Waals surface area contributed by atoms with E-state index in [1.807, 2.05) is 6.08 Å². The maximum atomic E-state index is 11.0. The monoisotopic (exact) mass is 162 g/mol. The molecule has 0 atom stereocenters. The lowest BCUT2D eigenvalue weighted by Gasteiger charge is -1.97. The molecule has 1 aliphatic carbocycles. The van der Waals surface area contributed by atoms with E-state index in [4.69, 9.17) is 10.3 Å². The lowest BCUT2D eigenvalue weighted by atomic mass is 9.99. The van der Waals surface area contributed by atoms with Crippen molar-refractivity contribution < 1.29 is 14.3 Å². The Morgan fingerprint density at radius 3 is 3.17 bits per heavy atom. The summed E-state index contributed by atoms with van der Waals surface area (Å²) in [5.41, 5.74) is 10.4. The third-order valence-corrected chi connectivity index (χ3v) is 1.92. The fourth-order valence-electron chi connectivity index (χ4n) is 1.27. The van der Waals surface area contributed by atoms with E-state index in [0.717, 1.165) is 5.57 Å². The highest BCUT2D eigenvalue weighted by Crippen LogP contribution is 2.24. The van der Waals surface area contributed by atoms with Crippen molar-refractivity contribution in [1.82, 2.24) is 0 Å². The second kappa shape index (κ2) is 2.43. The summed E-state index contributed by atoms with van der Waals surface area (Å²) < 4.78 is 4.78. The molecule has 0 N–H and O–H groups in total. The van der Waals surface area contributed by atoms with Crippen LogP contribution < -0.4 is 0 Å². The van der Waals surface area contributed by atoms with E-state index in [-0.39, 0.29) is 5.97 Å². The van der Waals surface area contributed by atoms with Crippen LogP contribution in [0.4, 0.5) is 0 Å². The van der Waals surface area contributed by atoms with Gasteiger partial charge in [0, 0.05) is 11.6 Å². The van der Waals surface area contributed by atoms with Gasteiger partial charge in [0.15, 0.2) is 0 Å². The molecule has 0 aromatic carbocycles.